The maximum atomic E-state index is 13.3. The van der Waals surface area contributed by atoms with E-state index in [0.29, 0.717) is 24.7 Å². The number of aromatic amines is 1. The summed E-state index contributed by atoms with van der Waals surface area (Å²) in [4.78, 5) is 26.0. The minimum absolute atomic E-state index is 0.0303. The highest BCUT2D eigenvalue weighted by Crippen LogP contribution is 2.37. The number of carbonyl (C=O) groups excluding carboxylic acids is 1. The second-order valence-corrected chi connectivity index (χ2v) is 7.82. The fraction of sp³-hybridized carbons (Fsp3) is 0.391. The highest BCUT2D eigenvalue weighted by Gasteiger charge is 2.33. The molecule has 1 N–H and O–H groups in total. The van der Waals surface area contributed by atoms with E-state index in [9.17, 15) is 4.79 Å². The summed E-state index contributed by atoms with van der Waals surface area (Å²) < 4.78 is 5.44. The maximum Gasteiger partial charge on any atom is 0.254 e. The normalized spacial score (nSPS) is 16.0. The quantitative estimate of drug-likeness (QED) is 0.630. The molecule has 1 atom stereocenters. The molecule has 1 fully saturated rings. The molecule has 1 aromatic carbocycles. The highest BCUT2D eigenvalue weighted by molar-refractivity contribution is 5.94. The number of carbonyl (C=O) groups is 1. The smallest absolute Gasteiger partial charge is 0.254 e. The van der Waals surface area contributed by atoms with Gasteiger partial charge in [-0.05, 0) is 43.5 Å². The number of hydrogen-bond acceptors (Lipinski definition) is 6. The molecule has 0 saturated carbocycles. The molecule has 0 spiro atoms. The van der Waals surface area contributed by atoms with Gasteiger partial charge in [0.05, 0.1) is 30.2 Å². The van der Waals surface area contributed by atoms with Crippen molar-refractivity contribution >= 4 is 11.9 Å². The van der Waals surface area contributed by atoms with Gasteiger partial charge in [0.25, 0.3) is 5.91 Å². The van der Waals surface area contributed by atoms with E-state index in [1.807, 2.05) is 61.2 Å². The second-order valence-electron chi connectivity index (χ2n) is 7.82. The molecule has 162 valence electrons. The van der Waals surface area contributed by atoms with Crippen molar-refractivity contribution in [2.24, 2.45) is 0 Å². The molecule has 0 radical (unpaired) electrons. The third-order valence-corrected chi connectivity index (χ3v) is 5.51. The number of benzene rings is 1. The van der Waals surface area contributed by atoms with Crippen LogP contribution in [0.5, 0.6) is 0 Å². The summed E-state index contributed by atoms with van der Waals surface area (Å²) in [5, 5.41) is 7.40. The molecular formula is C23H28N6O2. The van der Waals surface area contributed by atoms with Gasteiger partial charge in [0, 0.05) is 44.6 Å². The molecule has 3 aromatic rings. The van der Waals surface area contributed by atoms with Gasteiger partial charge in [-0.25, -0.2) is 9.97 Å². The number of likely N-dealkylation sites (tertiary alicyclic amines) is 1. The third-order valence-electron chi connectivity index (χ3n) is 5.51. The van der Waals surface area contributed by atoms with Crippen LogP contribution in [0.4, 0.5) is 5.95 Å². The first-order valence-electron chi connectivity index (χ1n) is 10.6. The number of H-pyrrole nitrogens is 1. The molecular weight excluding hydrogens is 392 g/mol. The maximum absolute atomic E-state index is 13.3. The van der Waals surface area contributed by atoms with Gasteiger partial charge < -0.3 is 14.5 Å². The predicted molar refractivity (Wildman–Crippen MR) is 119 cm³/mol. The molecule has 4 rings (SSSR count). The first-order valence-corrected chi connectivity index (χ1v) is 10.6. The highest BCUT2D eigenvalue weighted by atomic mass is 16.5. The van der Waals surface area contributed by atoms with E-state index in [0.717, 1.165) is 41.9 Å². The molecule has 1 amide bonds. The van der Waals surface area contributed by atoms with Crippen molar-refractivity contribution in [3.63, 3.8) is 0 Å². The molecule has 1 aliphatic rings. The van der Waals surface area contributed by atoms with Crippen molar-refractivity contribution in [3.05, 3.63) is 59.5 Å². The first-order chi connectivity index (χ1) is 15.1. The standard InChI is InChI=1S/C23H28N6O2/c1-4-31-15-16-7-9-17(10-8-16)22(30)29-13-5-6-20(29)21-18(14-25-27-21)19-11-12-24-23(26-19)28(2)3/h7-12,14,20H,4-6,13,15H2,1-3H3,(H,25,27)/t20-/m0/s1. The Labute approximate surface area is 182 Å². The Hall–Kier alpha value is -3.26. The summed E-state index contributed by atoms with van der Waals surface area (Å²) >= 11 is 0. The van der Waals surface area contributed by atoms with Crippen LogP contribution in [0.3, 0.4) is 0 Å². The Morgan fingerprint density at radius 1 is 1.26 bits per heavy atom. The van der Waals surface area contributed by atoms with Crippen LogP contribution in [0.25, 0.3) is 11.3 Å². The molecule has 0 bridgehead atoms. The zero-order valence-electron chi connectivity index (χ0n) is 18.2. The SMILES string of the molecule is CCOCc1ccc(C(=O)N2CCC[C@H]2c2[nH]ncc2-c2ccnc(N(C)C)n2)cc1. The largest absolute Gasteiger partial charge is 0.377 e. The van der Waals surface area contributed by atoms with Gasteiger partial charge in [-0.2, -0.15) is 5.10 Å². The number of ether oxygens (including phenoxy) is 1. The van der Waals surface area contributed by atoms with Crippen molar-refractivity contribution in [2.45, 2.75) is 32.4 Å². The van der Waals surface area contributed by atoms with Crippen molar-refractivity contribution < 1.29 is 9.53 Å². The number of nitrogens with one attached hydrogen (secondary N) is 1. The van der Waals surface area contributed by atoms with Crippen LogP contribution >= 0.6 is 0 Å². The van der Waals surface area contributed by atoms with Gasteiger partial charge in [0.15, 0.2) is 0 Å². The lowest BCUT2D eigenvalue weighted by Gasteiger charge is -2.25. The summed E-state index contributed by atoms with van der Waals surface area (Å²) in [6.07, 6.45) is 5.36. The summed E-state index contributed by atoms with van der Waals surface area (Å²) in [7, 11) is 3.82. The summed E-state index contributed by atoms with van der Waals surface area (Å²) in [5.74, 6) is 0.666. The number of anilines is 1. The fourth-order valence-corrected chi connectivity index (χ4v) is 3.91. The van der Waals surface area contributed by atoms with Crippen LogP contribution in [0.1, 0.15) is 47.4 Å². The van der Waals surface area contributed by atoms with E-state index in [1.165, 1.54) is 0 Å². The van der Waals surface area contributed by atoms with E-state index in [1.54, 1.807) is 12.4 Å². The first kappa shape index (κ1) is 21.0. The Kier molecular flexibility index (Phi) is 6.27. The summed E-state index contributed by atoms with van der Waals surface area (Å²) in [6.45, 7) is 3.92. The Bertz CT molecular complexity index is 1030. The van der Waals surface area contributed by atoms with Crippen LogP contribution in [0.2, 0.25) is 0 Å². The number of rotatable bonds is 7. The van der Waals surface area contributed by atoms with Crippen molar-refractivity contribution in [1.29, 1.82) is 0 Å². The Morgan fingerprint density at radius 3 is 2.81 bits per heavy atom. The third kappa shape index (κ3) is 4.44. The van der Waals surface area contributed by atoms with Crippen molar-refractivity contribution in [1.82, 2.24) is 25.1 Å². The zero-order valence-corrected chi connectivity index (χ0v) is 18.2. The topological polar surface area (TPSA) is 87.2 Å². The lowest BCUT2D eigenvalue weighted by atomic mass is 10.0. The molecule has 2 aromatic heterocycles. The van der Waals surface area contributed by atoms with E-state index in [2.05, 4.69) is 20.2 Å². The Balaban J connectivity index is 1.58. The van der Waals surface area contributed by atoms with Crippen molar-refractivity contribution in [2.75, 3.05) is 32.1 Å². The van der Waals surface area contributed by atoms with Gasteiger partial charge in [-0.15, -0.1) is 0 Å². The summed E-state index contributed by atoms with van der Waals surface area (Å²) in [6, 6.07) is 9.49. The zero-order chi connectivity index (χ0) is 21.8. The Morgan fingerprint density at radius 2 is 2.06 bits per heavy atom. The number of nitrogens with zero attached hydrogens (tertiary/aromatic N) is 5. The van der Waals surface area contributed by atoms with Crippen LogP contribution in [-0.4, -0.2) is 58.2 Å². The van der Waals surface area contributed by atoms with Gasteiger partial charge in [-0.3, -0.25) is 9.89 Å². The average molecular weight is 421 g/mol. The summed E-state index contributed by atoms with van der Waals surface area (Å²) in [5.41, 5.74) is 4.37. The molecule has 0 aliphatic carbocycles. The van der Waals surface area contributed by atoms with Crippen LogP contribution < -0.4 is 4.90 Å². The van der Waals surface area contributed by atoms with E-state index < -0.39 is 0 Å². The number of amides is 1. The van der Waals surface area contributed by atoms with Gasteiger partial charge >= 0.3 is 0 Å². The van der Waals surface area contributed by atoms with E-state index >= 15 is 0 Å². The molecule has 1 saturated heterocycles. The van der Waals surface area contributed by atoms with Gasteiger partial charge in [-0.1, -0.05) is 12.1 Å². The monoisotopic (exact) mass is 420 g/mol. The second kappa shape index (κ2) is 9.26. The van der Waals surface area contributed by atoms with E-state index in [4.69, 9.17) is 4.74 Å². The predicted octanol–water partition coefficient (Wildman–Crippen LogP) is 3.45. The van der Waals surface area contributed by atoms with Crippen molar-refractivity contribution in [3.8, 4) is 11.3 Å². The minimum atomic E-state index is -0.0640. The number of aromatic nitrogens is 4. The molecule has 3 heterocycles. The lowest BCUT2D eigenvalue weighted by Crippen LogP contribution is -2.31. The molecule has 0 unspecified atom stereocenters. The van der Waals surface area contributed by atoms with Crippen LogP contribution in [-0.2, 0) is 11.3 Å². The minimum Gasteiger partial charge on any atom is -0.377 e. The molecule has 31 heavy (non-hydrogen) atoms. The fourth-order valence-electron chi connectivity index (χ4n) is 3.91. The van der Waals surface area contributed by atoms with Crippen LogP contribution in [0.15, 0.2) is 42.7 Å². The molecule has 1 aliphatic heterocycles. The van der Waals surface area contributed by atoms with Crippen LogP contribution in [0, 0.1) is 0 Å². The lowest BCUT2D eigenvalue weighted by molar-refractivity contribution is 0.0733. The average Bonchev–Trinajstić information content (AvgIpc) is 3.47. The number of hydrogen-bond donors (Lipinski definition) is 1. The van der Waals surface area contributed by atoms with Gasteiger partial charge in [0.1, 0.15) is 0 Å². The molecule has 8 nitrogen and oxygen atoms in total. The van der Waals surface area contributed by atoms with Gasteiger partial charge in [0.2, 0.25) is 5.95 Å². The molecule has 8 heteroatoms. The van der Waals surface area contributed by atoms with E-state index in [-0.39, 0.29) is 11.9 Å².